The molecule has 1 aliphatic rings. The van der Waals surface area contributed by atoms with Crippen molar-refractivity contribution in [3.8, 4) is 5.75 Å². The first kappa shape index (κ1) is 10.9. The molecule has 0 radical (unpaired) electrons. The zero-order valence-electron chi connectivity index (χ0n) is 8.26. The molecule has 1 aromatic rings. The van der Waals surface area contributed by atoms with Crippen molar-refractivity contribution < 1.29 is 9.50 Å². The Bertz CT molecular complexity index is 365. The summed E-state index contributed by atoms with van der Waals surface area (Å²) in [6, 6.07) is 2.97. The SMILES string of the molecule is NC1(c2cc(O)c(Br)c(F)c2)CCCC1. The molecule has 2 nitrogen and oxygen atoms in total. The number of phenols is 1. The Morgan fingerprint density at radius 3 is 2.47 bits per heavy atom. The molecule has 0 aliphatic heterocycles. The highest BCUT2D eigenvalue weighted by molar-refractivity contribution is 9.10. The van der Waals surface area contributed by atoms with Gasteiger partial charge in [-0.25, -0.2) is 4.39 Å². The van der Waals surface area contributed by atoms with Crippen LogP contribution in [0.2, 0.25) is 0 Å². The van der Waals surface area contributed by atoms with Crippen molar-refractivity contribution in [1.29, 1.82) is 0 Å². The first-order valence-electron chi connectivity index (χ1n) is 5.00. The van der Waals surface area contributed by atoms with Crippen molar-refractivity contribution in [3.05, 3.63) is 28.0 Å². The second kappa shape index (κ2) is 3.76. The van der Waals surface area contributed by atoms with Gasteiger partial charge in [0, 0.05) is 5.54 Å². The molecule has 0 unspecified atom stereocenters. The zero-order valence-corrected chi connectivity index (χ0v) is 9.85. The van der Waals surface area contributed by atoms with Crippen LogP contribution in [0.25, 0.3) is 0 Å². The molecular formula is C11H13BrFNO. The lowest BCUT2D eigenvalue weighted by molar-refractivity contribution is 0.436. The van der Waals surface area contributed by atoms with E-state index >= 15 is 0 Å². The zero-order chi connectivity index (χ0) is 11.1. The van der Waals surface area contributed by atoms with Crippen LogP contribution in [0.1, 0.15) is 31.2 Å². The number of aromatic hydroxyl groups is 1. The fourth-order valence-corrected chi connectivity index (χ4v) is 2.39. The number of nitrogens with two attached hydrogens (primary N) is 1. The molecule has 82 valence electrons. The molecule has 0 aromatic heterocycles. The monoisotopic (exact) mass is 273 g/mol. The number of halogens is 2. The van der Waals surface area contributed by atoms with Gasteiger partial charge in [0.05, 0.1) is 4.47 Å². The van der Waals surface area contributed by atoms with Crippen LogP contribution >= 0.6 is 15.9 Å². The van der Waals surface area contributed by atoms with Crippen molar-refractivity contribution in [3.63, 3.8) is 0 Å². The maximum absolute atomic E-state index is 13.4. The third-order valence-electron chi connectivity index (χ3n) is 3.08. The maximum Gasteiger partial charge on any atom is 0.141 e. The standard InChI is InChI=1S/C11H13BrFNO/c12-10-8(13)5-7(6-9(10)15)11(14)3-1-2-4-11/h5-6,15H,1-4,14H2. The second-order valence-corrected chi connectivity index (χ2v) is 4.95. The molecule has 2 rings (SSSR count). The molecule has 1 fully saturated rings. The van der Waals surface area contributed by atoms with Gasteiger partial charge in [-0.2, -0.15) is 0 Å². The highest BCUT2D eigenvalue weighted by Crippen LogP contribution is 2.39. The van der Waals surface area contributed by atoms with E-state index in [9.17, 15) is 9.50 Å². The van der Waals surface area contributed by atoms with Gasteiger partial charge in [0.2, 0.25) is 0 Å². The average molecular weight is 274 g/mol. The van der Waals surface area contributed by atoms with E-state index in [0.717, 1.165) is 25.7 Å². The molecule has 1 aromatic carbocycles. The summed E-state index contributed by atoms with van der Waals surface area (Å²) in [7, 11) is 0. The van der Waals surface area contributed by atoms with Gasteiger partial charge in [-0.05, 0) is 46.5 Å². The van der Waals surface area contributed by atoms with Gasteiger partial charge in [0.15, 0.2) is 0 Å². The quantitative estimate of drug-likeness (QED) is 0.826. The molecule has 1 aliphatic carbocycles. The van der Waals surface area contributed by atoms with E-state index in [1.165, 1.54) is 6.07 Å². The fraction of sp³-hybridized carbons (Fsp3) is 0.455. The third-order valence-corrected chi connectivity index (χ3v) is 3.86. The van der Waals surface area contributed by atoms with Gasteiger partial charge in [-0.1, -0.05) is 12.8 Å². The molecule has 0 amide bonds. The molecule has 3 N–H and O–H groups in total. The van der Waals surface area contributed by atoms with Crippen LogP contribution in [0.4, 0.5) is 4.39 Å². The van der Waals surface area contributed by atoms with Crippen LogP contribution in [-0.2, 0) is 5.54 Å². The topological polar surface area (TPSA) is 46.2 Å². The number of rotatable bonds is 1. The Balaban J connectivity index is 2.45. The summed E-state index contributed by atoms with van der Waals surface area (Å²) in [6.45, 7) is 0. The third kappa shape index (κ3) is 1.88. The Morgan fingerprint density at radius 1 is 1.33 bits per heavy atom. The van der Waals surface area contributed by atoms with Gasteiger partial charge in [-0.15, -0.1) is 0 Å². The van der Waals surface area contributed by atoms with E-state index in [4.69, 9.17) is 5.73 Å². The number of hydrogen-bond donors (Lipinski definition) is 2. The van der Waals surface area contributed by atoms with Crippen molar-refractivity contribution in [1.82, 2.24) is 0 Å². The number of phenolic OH excluding ortho intramolecular Hbond substituents is 1. The largest absolute Gasteiger partial charge is 0.507 e. The molecule has 0 spiro atoms. The summed E-state index contributed by atoms with van der Waals surface area (Å²) < 4.78 is 13.5. The summed E-state index contributed by atoms with van der Waals surface area (Å²) in [4.78, 5) is 0. The summed E-state index contributed by atoms with van der Waals surface area (Å²) in [5.41, 5.74) is 6.41. The summed E-state index contributed by atoms with van der Waals surface area (Å²) >= 11 is 2.97. The molecule has 4 heteroatoms. The van der Waals surface area contributed by atoms with Crippen molar-refractivity contribution in [2.45, 2.75) is 31.2 Å². The predicted octanol–water partition coefficient (Wildman–Crippen LogP) is 3.02. The fourth-order valence-electron chi connectivity index (χ4n) is 2.16. The maximum atomic E-state index is 13.4. The summed E-state index contributed by atoms with van der Waals surface area (Å²) in [6.07, 6.45) is 3.84. The van der Waals surface area contributed by atoms with Gasteiger partial charge < -0.3 is 10.8 Å². The van der Waals surface area contributed by atoms with E-state index in [-0.39, 0.29) is 10.2 Å². The molecule has 1 saturated carbocycles. The van der Waals surface area contributed by atoms with Crippen LogP contribution < -0.4 is 5.73 Å². The van der Waals surface area contributed by atoms with Crippen molar-refractivity contribution in [2.24, 2.45) is 5.73 Å². The molecule has 0 atom stereocenters. The highest BCUT2D eigenvalue weighted by Gasteiger charge is 2.32. The normalized spacial score (nSPS) is 19.4. The van der Waals surface area contributed by atoms with E-state index in [2.05, 4.69) is 15.9 Å². The molecule has 15 heavy (non-hydrogen) atoms. The molecule has 0 heterocycles. The Labute approximate surface area is 96.4 Å². The van der Waals surface area contributed by atoms with E-state index in [1.54, 1.807) is 6.07 Å². The minimum absolute atomic E-state index is 0.0817. The van der Waals surface area contributed by atoms with Crippen LogP contribution in [0.5, 0.6) is 5.75 Å². The molecular weight excluding hydrogens is 261 g/mol. The Kier molecular flexibility index (Phi) is 2.73. The van der Waals surface area contributed by atoms with Crippen LogP contribution in [-0.4, -0.2) is 5.11 Å². The highest BCUT2D eigenvalue weighted by atomic mass is 79.9. The smallest absolute Gasteiger partial charge is 0.141 e. The van der Waals surface area contributed by atoms with E-state index < -0.39 is 11.4 Å². The lowest BCUT2D eigenvalue weighted by Gasteiger charge is -2.24. The van der Waals surface area contributed by atoms with Crippen LogP contribution in [0.15, 0.2) is 16.6 Å². The summed E-state index contributed by atoms with van der Waals surface area (Å²) in [5, 5.41) is 9.51. The summed E-state index contributed by atoms with van der Waals surface area (Å²) in [5.74, 6) is -0.538. The minimum Gasteiger partial charge on any atom is -0.507 e. The van der Waals surface area contributed by atoms with E-state index in [1.807, 2.05) is 0 Å². The number of benzene rings is 1. The van der Waals surface area contributed by atoms with Gasteiger partial charge in [0.1, 0.15) is 11.6 Å². The molecule has 0 saturated heterocycles. The molecule has 0 bridgehead atoms. The Hall–Kier alpha value is -0.610. The van der Waals surface area contributed by atoms with Gasteiger partial charge in [-0.3, -0.25) is 0 Å². The Morgan fingerprint density at radius 2 is 1.93 bits per heavy atom. The first-order valence-corrected chi connectivity index (χ1v) is 5.80. The average Bonchev–Trinajstić information content (AvgIpc) is 2.62. The van der Waals surface area contributed by atoms with Crippen molar-refractivity contribution >= 4 is 15.9 Å². The first-order chi connectivity index (χ1) is 7.03. The second-order valence-electron chi connectivity index (χ2n) is 4.15. The van der Waals surface area contributed by atoms with E-state index in [0.29, 0.717) is 5.56 Å². The van der Waals surface area contributed by atoms with Crippen LogP contribution in [0, 0.1) is 5.82 Å². The minimum atomic E-state index is -0.459. The van der Waals surface area contributed by atoms with Gasteiger partial charge in [0.25, 0.3) is 0 Å². The predicted molar refractivity (Wildman–Crippen MR) is 60.1 cm³/mol. The lowest BCUT2D eigenvalue weighted by atomic mass is 9.89. The number of hydrogen-bond acceptors (Lipinski definition) is 2. The van der Waals surface area contributed by atoms with Crippen molar-refractivity contribution in [2.75, 3.05) is 0 Å². The van der Waals surface area contributed by atoms with Gasteiger partial charge >= 0.3 is 0 Å². The lowest BCUT2D eigenvalue weighted by Crippen LogP contribution is -2.33. The van der Waals surface area contributed by atoms with Crippen LogP contribution in [0.3, 0.4) is 0 Å².